The van der Waals surface area contributed by atoms with Gasteiger partial charge in [0.2, 0.25) is 0 Å². The van der Waals surface area contributed by atoms with Crippen LogP contribution in [0.15, 0.2) is 157 Å². The molecule has 1 aliphatic carbocycles. The minimum Gasteiger partial charge on any atom is -0.489 e. The Morgan fingerprint density at radius 1 is 0.627 bits per heavy atom. The van der Waals surface area contributed by atoms with E-state index in [1.165, 1.54) is 38.6 Å². The first-order chi connectivity index (χ1) is 25.2. The minimum atomic E-state index is -0.362. The highest BCUT2D eigenvalue weighted by molar-refractivity contribution is 8.00. The Kier molecular flexibility index (Phi) is 9.59. The van der Waals surface area contributed by atoms with Crippen molar-refractivity contribution in [2.24, 2.45) is 0 Å². The second-order valence-corrected chi connectivity index (χ2v) is 14.5. The third-order valence-electron chi connectivity index (χ3n) is 9.81. The van der Waals surface area contributed by atoms with Crippen LogP contribution in [-0.2, 0) is 24.4 Å². The standard InChI is InChI=1S/C47H41NO2S.H2/c1-2-29-51-47(42-19-17-36-10-4-6-13-39(36)31-42,40-20-25-44(26-21-40)49-32-34-15-16-35-9-3-5-12-38(35)30-34)41-22-27-45(28-23-41)50-33-43-24-18-37-11-7-8-14-46(37)48-43;/h3-16,18,20-28,30-31H,2,17,19,29,32-33H2,1H3;1H. The van der Waals surface area contributed by atoms with E-state index >= 15 is 0 Å². The fourth-order valence-electron chi connectivity index (χ4n) is 7.17. The van der Waals surface area contributed by atoms with E-state index < -0.39 is 0 Å². The van der Waals surface area contributed by atoms with Crippen LogP contribution in [0.4, 0.5) is 0 Å². The maximum absolute atomic E-state index is 6.35. The Labute approximate surface area is 306 Å². The summed E-state index contributed by atoms with van der Waals surface area (Å²) in [5, 5.41) is 3.61. The van der Waals surface area contributed by atoms with Crippen LogP contribution in [-0.4, -0.2) is 10.7 Å². The smallest absolute Gasteiger partial charge is 0.130 e. The van der Waals surface area contributed by atoms with Crippen LogP contribution in [0.2, 0.25) is 0 Å². The van der Waals surface area contributed by atoms with Crippen molar-refractivity contribution in [2.45, 2.75) is 44.1 Å². The number of aromatic nitrogens is 1. The van der Waals surface area contributed by atoms with Gasteiger partial charge in [0.1, 0.15) is 24.7 Å². The van der Waals surface area contributed by atoms with Crippen LogP contribution in [0.3, 0.4) is 0 Å². The highest BCUT2D eigenvalue weighted by atomic mass is 32.2. The largest absolute Gasteiger partial charge is 0.489 e. The van der Waals surface area contributed by atoms with E-state index in [-0.39, 0.29) is 6.17 Å². The zero-order valence-electron chi connectivity index (χ0n) is 28.9. The summed E-state index contributed by atoms with van der Waals surface area (Å²) in [6.45, 7) is 3.21. The molecule has 7 aromatic rings. The zero-order chi connectivity index (χ0) is 34.5. The van der Waals surface area contributed by atoms with E-state index in [2.05, 4.69) is 140 Å². The van der Waals surface area contributed by atoms with Gasteiger partial charge in [-0.3, -0.25) is 0 Å². The Hall–Kier alpha value is -5.32. The van der Waals surface area contributed by atoms with Crippen molar-refractivity contribution in [3.63, 3.8) is 0 Å². The van der Waals surface area contributed by atoms with Crippen molar-refractivity contribution in [3.8, 4) is 11.5 Å². The molecule has 51 heavy (non-hydrogen) atoms. The second-order valence-electron chi connectivity index (χ2n) is 13.2. The van der Waals surface area contributed by atoms with Crippen molar-refractivity contribution in [1.29, 1.82) is 0 Å². The summed E-state index contributed by atoms with van der Waals surface area (Å²) in [4.78, 5) is 4.80. The number of benzene rings is 6. The lowest BCUT2D eigenvalue weighted by molar-refractivity contribution is 0.301. The average Bonchev–Trinajstić information content (AvgIpc) is 3.20. The SMILES string of the molecule is CCCSC(C1=Cc2ccccc2CC1)(c1ccc(OCc2ccc3ccccc3c2)cc1)c1ccc(OCc2ccc3ccccc3n2)cc1.[HH]. The fourth-order valence-corrected chi connectivity index (χ4v) is 8.64. The second kappa shape index (κ2) is 14.9. The summed E-state index contributed by atoms with van der Waals surface area (Å²) in [6, 6.07) is 53.8. The van der Waals surface area contributed by atoms with E-state index in [0.29, 0.717) is 13.2 Å². The Balaban J connectivity index is 0.00000420. The lowest BCUT2D eigenvalue weighted by atomic mass is 9.77. The van der Waals surface area contributed by atoms with Gasteiger partial charge in [0, 0.05) is 6.81 Å². The van der Waals surface area contributed by atoms with Gasteiger partial charge in [-0.25, -0.2) is 4.98 Å². The number of hydrogen-bond donors (Lipinski definition) is 0. The molecule has 6 aromatic carbocycles. The molecule has 3 nitrogen and oxygen atoms in total. The molecule has 0 spiro atoms. The lowest BCUT2D eigenvalue weighted by Gasteiger charge is -2.39. The summed E-state index contributed by atoms with van der Waals surface area (Å²) < 4.78 is 12.3. The van der Waals surface area contributed by atoms with Gasteiger partial charge in [0.15, 0.2) is 0 Å². The Morgan fingerprint density at radius 2 is 1.27 bits per heavy atom. The monoisotopic (exact) mass is 685 g/mol. The number of ether oxygens (including phenoxy) is 2. The molecule has 0 N–H and O–H groups in total. The molecule has 0 amide bonds. The van der Waals surface area contributed by atoms with Gasteiger partial charge in [-0.15, -0.1) is 11.8 Å². The molecule has 4 heteroatoms. The van der Waals surface area contributed by atoms with E-state index in [1.54, 1.807) is 0 Å². The molecular formula is C47H43NO2S. The van der Waals surface area contributed by atoms with Gasteiger partial charge >= 0.3 is 0 Å². The number of thioether (sulfide) groups is 1. The highest BCUT2D eigenvalue weighted by Gasteiger charge is 2.39. The quantitative estimate of drug-likeness (QED) is 0.128. The molecule has 0 fully saturated rings. The van der Waals surface area contributed by atoms with E-state index in [9.17, 15) is 0 Å². The number of aryl methyl sites for hydroxylation is 1. The molecule has 1 atom stereocenters. The van der Waals surface area contributed by atoms with Crippen LogP contribution < -0.4 is 9.47 Å². The highest BCUT2D eigenvalue weighted by Crippen LogP contribution is 2.52. The van der Waals surface area contributed by atoms with Crippen molar-refractivity contribution in [2.75, 3.05) is 5.75 Å². The molecule has 0 radical (unpaired) electrons. The van der Waals surface area contributed by atoms with Crippen molar-refractivity contribution in [3.05, 3.63) is 191 Å². The van der Waals surface area contributed by atoms with Gasteiger partial charge in [-0.1, -0.05) is 122 Å². The number of rotatable bonds is 12. The molecule has 1 unspecified atom stereocenters. The number of nitrogens with zero attached hydrogens (tertiary/aromatic N) is 1. The van der Waals surface area contributed by atoms with Crippen molar-refractivity contribution in [1.82, 2.24) is 4.98 Å². The van der Waals surface area contributed by atoms with E-state index in [1.807, 2.05) is 36.0 Å². The first-order valence-electron chi connectivity index (χ1n) is 17.9. The van der Waals surface area contributed by atoms with Gasteiger partial charge in [0.05, 0.1) is 16.0 Å². The number of pyridine rings is 1. The van der Waals surface area contributed by atoms with E-state index in [0.717, 1.165) is 58.7 Å². The maximum Gasteiger partial charge on any atom is 0.130 e. The molecule has 1 aromatic heterocycles. The zero-order valence-corrected chi connectivity index (χ0v) is 29.7. The molecule has 8 rings (SSSR count). The first kappa shape index (κ1) is 32.9. The summed E-state index contributed by atoms with van der Waals surface area (Å²) in [7, 11) is 0. The average molecular weight is 686 g/mol. The molecule has 1 aliphatic rings. The van der Waals surface area contributed by atoms with Crippen LogP contribution >= 0.6 is 11.8 Å². The maximum atomic E-state index is 6.35. The van der Waals surface area contributed by atoms with Crippen molar-refractivity contribution < 1.29 is 10.9 Å². The van der Waals surface area contributed by atoms with Gasteiger partial charge < -0.3 is 9.47 Å². The topological polar surface area (TPSA) is 31.4 Å². The molecule has 254 valence electrons. The van der Waals surface area contributed by atoms with Gasteiger partial charge in [-0.05, 0) is 112 Å². The van der Waals surface area contributed by atoms with Crippen LogP contribution in [0, 0.1) is 0 Å². The van der Waals surface area contributed by atoms with E-state index in [4.69, 9.17) is 14.5 Å². The lowest BCUT2D eigenvalue weighted by Crippen LogP contribution is -2.28. The number of fused-ring (bicyclic) bond motifs is 3. The predicted octanol–water partition coefficient (Wildman–Crippen LogP) is 12.2. The number of hydrogen-bond acceptors (Lipinski definition) is 4. The number of para-hydroxylation sites is 1. The van der Waals surface area contributed by atoms with Crippen molar-refractivity contribution >= 4 is 39.5 Å². The summed E-state index contributed by atoms with van der Waals surface area (Å²) in [5.74, 6) is 2.74. The third kappa shape index (κ3) is 7.02. The molecule has 0 saturated heterocycles. The predicted molar refractivity (Wildman–Crippen MR) is 216 cm³/mol. The van der Waals surface area contributed by atoms with Crippen LogP contribution in [0.1, 0.15) is 54.7 Å². The van der Waals surface area contributed by atoms with Gasteiger partial charge in [0.25, 0.3) is 0 Å². The summed E-state index contributed by atoms with van der Waals surface area (Å²) >= 11 is 2.03. The molecule has 1 heterocycles. The summed E-state index contributed by atoms with van der Waals surface area (Å²) in [6.07, 6.45) is 5.56. The first-order valence-corrected chi connectivity index (χ1v) is 18.9. The molecule has 0 aliphatic heterocycles. The summed E-state index contributed by atoms with van der Waals surface area (Å²) in [5.41, 5.74) is 9.75. The third-order valence-corrected chi connectivity index (χ3v) is 11.6. The fraction of sp³-hybridized carbons (Fsp3) is 0.170. The normalized spacial score (nSPS) is 13.7. The minimum absolute atomic E-state index is 0. The molecule has 0 bridgehead atoms. The van der Waals surface area contributed by atoms with Crippen LogP contribution in [0.5, 0.6) is 11.5 Å². The Morgan fingerprint density at radius 3 is 2.04 bits per heavy atom. The Bertz CT molecular complexity index is 2190. The molecule has 0 saturated carbocycles. The molecular weight excluding hydrogens is 643 g/mol. The van der Waals surface area contributed by atoms with Crippen LogP contribution in [0.25, 0.3) is 27.8 Å². The van der Waals surface area contributed by atoms with Gasteiger partial charge in [-0.2, -0.15) is 0 Å².